The molecule has 29 heavy (non-hydrogen) atoms. The van der Waals surface area contributed by atoms with Crippen LogP contribution in [0.2, 0.25) is 0 Å². The number of aromatic nitrogens is 1. The van der Waals surface area contributed by atoms with Gasteiger partial charge in [0.05, 0.1) is 11.8 Å². The number of carbonyl (C=O) groups is 1. The van der Waals surface area contributed by atoms with Gasteiger partial charge in [0.25, 0.3) is 0 Å². The van der Waals surface area contributed by atoms with E-state index >= 15 is 0 Å². The Balaban J connectivity index is 1.90. The van der Waals surface area contributed by atoms with Gasteiger partial charge in [-0.25, -0.2) is 0 Å². The van der Waals surface area contributed by atoms with Crippen LogP contribution in [0.3, 0.4) is 0 Å². The number of hydrogen-bond donors (Lipinski definition) is 0. The molecular weight excluding hydrogens is 356 g/mol. The van der Waals surface area contributed by atoms with E-state index in [9.17, 15) is 10.1 Å². The summed E-state index contributed by atoms with van der Waals surface area (Å²) in [4.78, 5) is 16.8. The highest BCUT2D eigenvalue weighted by Crippen LogP contribution is 2.45. The number of aryl methyl sites for hydroxylation is 1. The Bertz CT molecular complexity index is 1140. The van der Waals surface area contributed by atoms with Crippen LogP contribution in [0.15, 0.2) is 54.6 Å². The second-order valence-electron chi connectivity index (χ2n) is 8.02. The summed E-state index contributed by atoms with van der Waals surface area (Å²) >= 11 is 0. The molecule has 0 spiro atoms. The maximum atomic E-state index is 11.9. The first kappa shape index (κ1) is 19.1. The first-order valence-electron chi connectivity index (χ1n) is 10.0. The zero-order valence-corrected chi connectivity index (χ0v) is 17.1. The number of nitriles is 1. The lowest BCUT2D eigenvalue weighted by molar-refractivity contribution is 0.101. The fourth-order valence-electron chi connectivity index (χ4n) is 4.49. The van der Waals surface area contributed by atoms with Gasteiger partial charge in [-0.2, -0.15) is 5.26 Å². The SMILES string of the molecule is CC(=O)c1cccc(-c2c(C)c(C)nc3c2CCC3(C#N)Cc2ccccc2)c1. The van der Waals surface area contributed by atoms with Crippen molar-refractivity contribution in [2.45, 2.75) is 45.4 Å². The number of pyridine rings is 1. The Morgan fingerprint density at radius 2 is 1.90 bits per heavy atom. The van der Waals surface area contributed by atoms with Gasteiger partial charge in [-0.15, -0.1) is 0 Å². The highest BCUT2D eigenvalue weighted by atomic mass is 16.1. The summed E-state index contributed by atoms with van der Waals surface area (Å²) in [5, 5.41) is 10.2. The average Bonchev–Trinajstić information content (AvgIpc) is 3.07. The molecule has 1 atom stereocenters. The molecule has 0 radical (unpaired) electrons. The zero-order valence-electron chi connectivity index (χ0n) is 17.1. The molecular formula is C26H24N2O. The van der Waals surface area contributed by atoms with Crippen molar-refractivity contribution in [2.75, 3.05) is 0 Å². The number of fused-ring (bicyclic) bond motifs is 1. The van der Waals surface area contributed by atoms with Crippen molar-refractivity contribution in [2.24, 2.45) is 0 Å². The van der Waals surface area contributed by atoms with Gasteiger partial charge >= 0.3 is 0 Å². The number of hydrogen-bond acceptors (Lipinski definition) is 3. The monoisotopic (exact) mass is 380 g/mol. The third-order valence-electron chi connectivity index (χ3n) is 6.16. The van der Waals surface area contributed by atoms with Gasteiger partial charge in [-0.3, -0.25) is 9.78 Å². The molecule has 0 aliphatic heterocycles. The van der Waals surface area contributed by atoms with Crippen LogP contribution in [0.25, 0.3) is 11.1 Å². The van der Waals surface area contributed by atoms with Gasteiger partial charge in [-0.05, 0) is 73.9 Å². The van der Waals surface area contributed by atoms with Crippen LogP contribution in [0, 0.1) is 25.2 Å². The molecule has 1 unspecified atom stereocenters. The number of carbonyl (C=O) groups excluding carboxylic acids is 1. The van der Waals surface area contributed by atoms with Crippen molar-refractivity contribution in [3.8, 4) is 17.2 Å². The summed E-state index contributed by atoms with van der Waals surface area (Å²) in [6.07, 6.45) is 2.26. The maximum absolute atomic E-state index is 11.9. The van der Waals surface area contributed by atoms with Crippen molar-refractivity contribution in [1.82, 2.24) is 4.98 Å². The van der Waals surface area contributed by atoms with Crippen LogP contribution in [-0.4, -0.2) is 10.8 Å². The van der Waals surface area contributed by atoms with Crippen molar-refractivity contribution >= 4 is 5.78 Å². The van der Waals surface area contributed by atoms with E-state index in [-0.39, 0.29) is 5.78 Å². The summed E-state index contributed by atoms with van der Waals surface area (Å²) in [5.74, 6) is 0.0578. The van der Waals surface area contributed by atoms with Crippen molar-refractivity contribution in [3.63, 3.8) is 0 Å². The van der Waals surface area contributed by atoms with Crippen LogP contribution >= 0.6 is 0 Å². The Morgan fingerprint density at radius 1 is 1.14 bits per heavy atom. The maximum Gasteiger partial charge on any atom is 0.159 e. The predicted octanol–water partition coefficient (Wildman–Crippen LogP) is 5.52. The fourth-order valence-corrected chi connectivity index (χ4v) is 4.49. The van der Waals surface area contributed by atoms with Crippen LogP contribution in [0.5, 0.6) is 0 Å². The molecule has 0 saturated carbocycles. The highest BCUT2D eigenvalue weighted by molar-refractivity contribution is 5.95. The predicted molar refractivity (Wildman–Crippen MR) is 115 cm³/mol. The molecule has 1 aliphatic carbocycles. The minimum Gasteiger partial charge on any atom is -0.295 e. The van der Waals surface area contributed by atoms with E-state index in [1.165, 1.54) is 0 Å². The summed E-state index contributed by atoms with van der Waals surface area (Å²) in [6, 6.07) is 20.6. The summed E-state index contributed by atoms with van der Waals surface area (Å²) in [5.41, 5.74) is 7.57. The van der Waals surface area contributed by atoms with E-state index in [1.54, 1.807) is 6.92 Å². The van der Waals surface area contributed by atoms with E-state index in [1.807, 2.05) is 43.3 Å². The Morgan fingerprint density at radius 3 is 2.59 bits per heavy atom. The van der Waals surface area contributed by atoms with E-state index in [0.29, 0.717) is 12.0 Å². The Hall–Kier alpha value is -3.25. The summed E-state index contributed by atoms with van der Waals surface area (Å²) < 4.78 is 0. The van der Waals surface area contributed by atoms with E-state index in [0.717, 1.165) is 52.0 Å². The molecule has 1 aromatic heterocycles. The quantitative estimate of drug-likeness (QED) is 0.560. The molecule has 0 saturated heterocycles. The molecule has 3 nitrogen and oxygen atoms in total. The van der Waals surface area contributed by atoms with E-state index in [4.69, 9.17) is 4.98 Å². The lowest BCUT2D eigenvalue weighted by Crippen LogP contribution is -2.25. The van der Waals surface area contributed by atoms with Gasteiger partial charge in [0.15, 0.2) is 5.78 Å². The topological polar surface area (TPSA) is 53.8 Å². The third-order valence-corrected chi connectivity index (χ3v) is 6.16. The van der Waals surface area contributed by atoms with Gasteiger partial charge in [0, 0.05) is 11.3 Å². The van der Waals surface area contributed by atoms with Crippen LogP contribution in [-0.2, 0) is 18.3 Å². The molecule has 1 heterocycles. The van der Waals surface area contributed by atoms with Crippen LogP contribution < -0.4 is 0 Å². The van der Waals surface area contributed by atoms with Gasteiger partial charge in [0.2, 0.25) is 0 Å². The molecule has 1 aliphatic rings. The van der Waals surface area contributed by atoms with Crippen molar-refractivity contribution < 1.29 is 4.79 Å². The Kier molecular flexibility index (Phi) is 4.80. The molecule has 0 amide bonds. The molecule has 0 bridgehead atoms. The second-order valence-corrected chi connectivity index (χ2v) is 8.02. The molecule has 144 valence electrons. The third kappa shape index (κ3) is 3.25. The Labute approximate surface area is 172 Å². The van der Waals surface area contributed by atoms with Crippen molar-refractivity contribution in [3.05, 3.63) is 88.2 Å². The molecule has 0 fully saturated rings. The number of ketones is 1. The second kappa shape index (κ2) is 7.29. The molecule has 2 aromatic carbocycles. The highest BCUT2D eigenvalue weighted by Gasteiger charge is 2.42. The molecule has 0 N–H and O–H groups in total. The standard InChI is InChI=1S/C26H24N2O/c1-17-18(2)28-25-23(24(17)22-11-7-10-21(14-22)19(3)29)12-13-26(25,16-27)15-20-8-5-4-6-9-20/h4-11,14H,12-13,15H2,1-3H3. The normalized spacial score (nSPS) is 17.6. The summed E-state index contributed by atoms with van der Waals surface area (Å²) in [6.45, 7) is 5.69. The first-order chi connectivity index (χ1) is 13.9. The number of benzene rings is 2. The minimum absolute atomic E-state index is 0.0578. The lowest BCUT2D eigenvalue weighted by atomic mass is 9.80. The molecule has 3 aromatic rings. The van der Waals surface area contributed by atoms with Crippen LogP contribution in [0.1, 0.15) is 51.8 Å². The molecule has 4 rings (SSSR count). The summed E-state index contributed by atoms with van der Waals surface area (Å²) in [7, 11) is 0. The number of Topliss-reactive ketones (excluding diaryl/α,β-unsaturated/α-hetero) is 1. The minimum atomic E-state index is -0.609. The van der Waals surface area contributed by atoms with E-state index < -0.39 is 5.41 Å². The van der Waals surface area contributed by atoms with Crippen molar-refractivity contribution in [1.29, 1.82) is 5.26 Å². The smallest absolute Gasteiger partial charge is 0.159 e. The fraction of sp³-hybridized carbons (Fsp3) is 0.269. The lowest BCUT2D eigenvalue weighted by Gasteiger charge is -2.23. The zero-order chi connectivity index (χ0) is 20.6. The number of rotatable bonds is 4. The van der Waals surface area contributed by atoms with Gasteiger partial charge < -0.3 is 0 Å². The first-order valence-corrected chi connectivity index (χ1v) is 10.0. The van der Waals surface area contributed by atoms with Gasteiger partial charge in [-0.1, -0.05) is 48.5 Å². The van der Waals surface area contributed by atoms with Crippen LogP contribution in [0.4, 0.5) is 0 Å². The molecule has 3 heteroatoms. The number of nitrogens with zero attached hydrogens (tertiary/aromatic N) is 2. The van der Waals surface area contributed by atoms with Gasteiger partial charge in [0.1, 0.15) is 5.41 Å². The average molecular weight is 380 g/mol. The largest absolute Gasteiger partial charge is 0.295 e. The van der Waals surface area contributed by atoms with E-state index in [2.05, 4.69) is 31.2 Å².